The van der Waals surface area contributed by atoms with E-state index in [1.165, 1.54) is 12.2 Å². The van der Waals surface area contributed by atoms with Crippen molar-refractivity contribution in [1.29, 1.82) is 0 Å². The number of alkyl carbamates (subject to hydrolysis) is 1. The van der Waals surface area contributed by atoms with Gasteiger partial charge in [0, 0.05) is 23.3 Å². The molecule has 260 valence electrons. The lowest BCUT2D eigenvalue weighted by Crippen LogP contribution is -2.70. The van der Waals surface area contributed by atoms with Gasteiger partial charge in [-0.15, -0.1) is 0 Å². The summed E-state index contributed by atoms with van der Waals surface area (Å²) < 4.78 is 41.3. The van der Waals surface area contributed by atoms with Crippen molar-refractivity contribution in [3.63, 3.8) is 0 Å². The minimum atomic E-state index is -2.07. The number of alkyl halides is 1. The van der Waals surface area contributed by atoms with E-state index < -0.39 is 82.0 Å². The van der Waals surface area contributed by atoms with E-state index in [9.17, 15) is 24.3 Å². The number of benzene rings is 1. The van der Waals surface area contributed by atoms with E-state index in [4.69, 9.17) is 18.9 Å². The highest BCUT2D eigenvalue weighted by molar-refractivity contribution is 6.01. The zero-order chi connectivity index (χ0) is 35.1. The highest BCUT2D eigenvalue weighted by Gasteiger charge is 2.80. The molecule has 1 aromatic carbocycles. The van der Waals surface area contributed by atoms with E-state index >= 15 is 4.39 Å². The number of carbonyl (C=O) groups is 4. The Bertz CT molecular complexity index is 1590. The van der Waals surface area contributed by atoms with E-state index in [1.807, 2.05) is 6.92 Å². The van der Waals surface area contributed by atoms with E-state index in [0.29, 0.717) is 24.8 Å². The number of hydrogen-bond donors (Lipinski definition) is 2. The Balaban J connectivity index is 1.20. The van der Waals surface area contributed by atoms with Crippen LogP contribution in [0, 0.1) is 22.7 Å². The average Bonchev–Trinajstić information content (AvgIpc) is 3.40. The molecule has 5 aliphatic rings. The van der Waals surface area contributed by atoms with Crippen molar-refractivity contribution >= 4 is 23.6 Å². The molecule has 4 fully saturated rings. The molecule has 1 aromatic rings. The van der Waals surface area contributed by atoms with Crippen LogP contribution in [0.3, 0.4) is 0 Å². The number of aliphatic hydroxyl groups is 1. The van der Waals surface area contributed by atoms with Gasteiger partial charge in [0.25, 0.3) is 0 Å². The summed E-state index contributed by atoms with van der Waals surface area (Å²) in [5, 5.41) is 14.4. The monoisotopic (exact) mass is 667 g/mol. The third kappa shape index (κ3) is 5.24. The first-order valence-electron chi connectivity index (χ1n) is 16.7. The molecule has 11 heteroatoms. The van der Waals surface area contributed by atoms with Crippen LogP contribution in [0.25, 0.3) is 0 Å². The van der Waals surface area contributed by atoms with Crippen LogP contribution in [0.5, 0.6) is 0 Å². The lowest BCUT2D eigenvalue weighted by molar-refractivity contribution is -0.246. The summed E-state index contributed by atoms with van der Waals surface area (Å²) in [7, 11) is 0. The van der Waals surface area contributed by atoms with Gasteiger partial charge in [-0.3, -0.25) is 9.59 Å². The number of aliphatic hydroxyl groups excluding tert-OH is 1. The number of Topliss-reactive ketones (excluding diaryl/α,β-unsaturated/α-hetero) is 1. The van der Waals surface area contributed by atoms with Crippen molar-refractivity contribution in [2.45, 2.75) is 116 Å². The van der Waals surface area contributed by atoms with E-state index in [-0.39, 0.29) is 24.3 Å². The van der Waals surface area contributed by atoms with Gasteiger partial charge in [0.1, 0.15) is 5.60 Å². The number of ether oxygens (including phenoxy) is 4. The third-order valence-electron chi connectivity index (χ3n) is 11.4. The molecule has 0 aromatic heterocycles. The maximum absolute atomic E-state index is 17.6. The Hall–Kier alpha value is -3.41. The van der Waals surface area contributed by atoms with Crippen molar-refractivity contribution in [2.75, 3.05) is 6.61 Å². The largest absolute Gasteiger partial charge is 0.454 e. The minimum Gasteiger partial charge on any atom is -0.454 e. The van der Waals surface area contributed by atoms with Gasteiger partial charge in [-0.25, -0.2) is 14.0 Å². The Morgan fingerprint density at radius 1 is 1.08 bits per heavy atom. The molecule has 6 rings (SSSR count). The molecular weight excluding hydrogens is 621 g/mol. The number of nitrogens with one attached hydrogen (secondary N) is 1. The van der Waals surface area contributed by atoms with Crippen molar-refractivity contribution in [2.24, 2.45) is 22.7 Å². The van der Waals surface area contributed by atoms with Crippen LogP contribution in [0.1, 0.15) is 90.1 Å². The lowest BCUT2D eigenvalue weighted by Gasteiger charge is -2.62. The molecule has 0 unspecified atom stereocenters. The third-order valence-corrected chi connectivity index (χ3v) is 11.4. The fourth-order valence-corrected chi connectivity index (χ4v) is 9.38. The Morgan fingerprint density at radius 3 is 2.44 bits per heavy atom. The van der Waals surface area contributed by atoms with Crippen LogP contribution in [0.2, 0.25) is 0 Å². The molecular formula is C37H46FNO9. The smallest absolute Gasteiger partial charge is 0.407 e. The molecule has 0 radical (unpaired) electrons. The lowest BCUT2D eigenvalue weighted by atomic mass is 9.44. The summed E-state index contributed by atoms with van der Waals surface area (Å²) in [6.07, 6.45) is 2.84. The molecule has 4 aliphatic carbocycles. The highest BCUT2D eigenvalue weighted by atomic mass is 19.1. The topological polar surface area (TPSA) is 137 Å². The van der Waals surface area contributed by atoms with Gasteiger partial charge < -0.3 is 29.4 Å². The number of esters is 1. The first-order valence-corrected chi connectivity index (χ1v) is 16.7. The minimum absolute atomic E-state index is 0.0796. The summed E-state index contributed by atoms with van der Waals surface area (Å²) >= 11 is 0. The second-order valence-corrected chi connectivity index (χ2v) is 15.9. The van der Waals surface area contributed by atoms with Gasteiger partial charge in [-0.1, -0.05) is 30.7 Å². The Kier molecular flexibility index (Phi) is 8.12. The zero-order valence-electron chi connectivity index (χ0n) is 28.7. The fraction of sp³-hybridized carbons (Fsp3) is 0.622. The van der Waals surface area contributed by atoms with Crippen LogP contribution in [-0.2, 0) is 35.1 Å². The van der Waals surface area contributed by atoms with Gasteiger partial charge >= 0.3 is 12.1 Å². The Labute approximate surface area is 280 Å². The Morgan fingerprint density at radius 2 is 1.77 bits per heavy atom. The van der Waals surface area contributed by atoms with Gasteiger partial charge in [0.05, 0.1) is 17.8 Å². The summed E-state index contributed by atoms with van der Waals surface area (Å²) in [5.74, 6) is -3.58. The second-order valence-electron chi connectivity index (χ2n) is 15.9. The first kappa shape index (κ1) is 34.5. The molecule has 1 heterocycles. The first-order chi connectivity index (χ1) is 22.3. The molecule has 0 spiro atoms. The van der Waals surface area contributed by atoms with Gasteiger partial charge in [0.2, 0.25) is 5.78 Å². The molecule has 10 nitrogen and oxygen atoms in total. The van der Waals surface area contributed by atoms with Gasteiger partial charge in [-0.05, 0) is 103 Å². The van der Waals surface area contributed by atoms with E-state index in [1.54, 1.807) is 71.9 Å². The highest BCUT2D eigenvalue weighted by Crippen LogP contribution is 2.72. The van der Waals surface area contributed by atoms with Gasteiger partial charge in [0.15, 0.2) is 29.4 Å². The second kappa shape index (κ2) is 11.3. The summed E-state index contributed by atoms with van der Waals surface area (Å²) in [4.78, 5) is 51.6. The number of fused-ring (bicyclic) bond motifs is 7. The summed E-state index contributed by atoms with van der Waals surface area (Å²) in [5.41, 5.74) is -4.88. The SMILES string of the molecule is CC(C)(C)OC(=O)NCc1ccc(C(=O)OCC(=O)[C@@]23OC(C)(C)O[C@@H]2C[C@H]2[C@@H]4CCC5=CC(=O)C=C[C@]5(C)[C@@]4(F)[C@@H](O)C[C@@]23C)cc1. The van der Waals surface area contributed by atoms with Crippen LogP contribution in [0.4, 0.5) is 9.18 Å². The predicted molar refractivity (Wildman–Crippen MR) is 171 cm³/mol. The van der Waals surface area contributed by atoms with Crippen molar-refractivity contribution in [3.8, 4) is 0 Å². The number of allylic oxidation sites excluding steroid dienone is 4. The van der Waals surface area contributed by atoms with Crippen molar-refractivity contribution in [1.82, 2.24) is 5.32 Å². The predicted octanol–water partition coefficient (Wildman–Crippen LogP) is 5.31. The maximum Gasteiger partial charge on any atom is 0.407 e. The van der Waals surface area contributed by atoms with E-state index in [2.05, 4.69) is 5.32 Å². The number of halogens is 1. The summed E-state index contributed by atoms with van der Waals surface area (Å²) in [6, 6.07) is 6.42. The van der Waals surface area contributed by atoms with Crippen LogP contribution in [-0.4, -0.2) is 70.2 Å². The van der Waals surface area contributed by atoms with E-state index in [0.717, 1.165) is 5.56 Å². The standard InChI is InChI=1S/C37H46FNO9/c1-32(2,3)47-31(44)39-19-21-8-10-22(11-9-21)30(43)45-20-28(42)37-29(46-33(4,5)48-37)17-26-25-13-12-23-16-24(40)14-15-34(23,6)36(25,38)27(41)18-35(26,37)7/h8-11,14-16,25-27,29,41H,12-13,17-20H2,1-7H3,(H,39,44)/t25-,26-,27-,29+,34-,35-,36-,37+/m0/s1. The molecule has 0 bridgehead atoms. The number of ketones is 2. The van der Waals surface area contributed by atoms with Crippen molar-refractivity contribution < 1.29 is 47.6 Å². The average molecular weight is 668 g/mol. The molecule has 1 aliphatic heterocycles. The molecule has 1 saturated heterocycles. The van der Waals surface area contributed by atoms with Crippen LogP contribution < -0.4 is 5.32 Å². The normalized spacial score (nSPS) is 37.8. The zero-order valence-corrected chi connectivity index (χ0v) is 28.7. The number of rotatable bonds is 6. The number of hydrogen-bond acceptors (Lipinski definition) is 9. The van der Waals surface area contributed by atoms with Gasteiger partial charge in [-0.2, -0.15) is 0 Å². The number of amides is 1. The molecule has 1 amide bonds. The van der Waals surface area contributed by atoms with Crippen LogP contribution >= 0.6 is 0 Å². The summed E-state index contributed by atoms with van der Waals surface area (Å²) in [6.45, 7) is 11.9. The fourth-order valence-electron chi connectivity index (χ4n) is 9.38. The van der Waals surface area contributed by atoms with Crippen LogP contribution in [0.15, 0.2) is 48.1 Å². The quantitative estimate of drug-likeness (QED) is 0.387. The molecule has 3 saturated carbocycles. The molecule has 48 heavy (non-hydrogen) atoms. The molecule has 8 atom stereocenters. The van der Waals surface area contributed by atoms with Crippen molar-refractivity contribution in [3.05, 3.63) is 59.2 Å². The number of carbonyl (C=O) groups excluding carboxylic acids is 4. The maximum atomic E-state index is 17.6. The molecule has 2 N–H and O–H groups in total.